The predicted octanol–water partition coefficient (Wildman–Crippen LogP) is 3.87. The zero-order chi connectivity index (χ0) is 15.2. The standard InChI is InChI=1S/C16H20N2O3/c1-4-20-14-8-6-13(7-9-14)18-16(19)17-12(3)15-10-5-11(2)21-15/h5-10,12H,4H2,1-3H3,(H2,17,18,19). The van der Waals surface area contributed by atoms with Gasteiger partial charge in [0.1, 0.15) is 17.3 Å². The molecule has 0 spiro atoms. The van der Waals surface area contributed by atoms with E-state index in [0.717, 1.165) is 17.3 Å². The number of ether oxygens (including phenoxy) is 1. The van der Waals surface area contributed by atoms with Crippen LogP contribution in [0.3, 0.4) is 0 Å². The Kier molecular flexibility index (Phi) is 4.87. The predicted molar refractivity (Wildman–Crippen MR) is 81.6 cm³/mol. The minimum absolute atomic E-state index is 0.193. The van der Waals surface area contributed by atoms with E-state index in [-0.39, 0.29) is 12.1 Å². The molecule has 5 nitrogen and oxygen atoms in total. The fraction of sp³-hybridized carbons (Fsp3) is 0.312. The molecule has 2 amide bonds. The number of hydrogen-bond donors (Lipinski definition) is 2. The molecule has 0 fully saturated rings. The maximum absolute atomic E-state index is 11.9. The topological polar surface area (TPSA) is 63.5 Å². The zero-order valence-corrected chi connectivity index (χ0v) is 12.5. The molecule has 0 radical (unpaired) electrons. The van der Waals surface area contributed by atoms with Gasteiger partial charge in [0.25, 0.3) is 0 Å². The summed E-state index contributed by atoms with van der Waals surface area (Å²) in [5.41, 5.74) is 0.707. The monoisotopic (exact) mass is 288 g/mol. The maximum Gasteiger partial charge on any atom is 0.319 e. The van der Waals surface area contributed by atoms with Crippen LogP contribution in [0.25, 0.3) is 0 Å². The van der Waals surface area contributed by atoms with Crippen LogP contribution in [0.1, 0.15) is 31.4 Å². The van der Waals surface area contributed by atoms with Crippen molar-refractivity contribution >= 4 is 11.7 Å². The number of hydrogen-bond acceptors (Lipinski definition) is 3. The van der Waals surface area contributed by atoms with Crippen molar-refractivity contribution in [3.63, 3.8) is 0 Å². The van der Waals surface area contributed by atoms with E-state index in [1.54, 1.807) is 12.1 Å². The van der Waals surface area contributed by atoms with Gasteiger partial charge in [-0.1, -0.05) is 0 Å². The lowest BCUT2D eigenvalue weighted by atomic mass is 10.2. The summed E-state index contributed by atoms with van der Waals surface area (Å²) >= 11 is 0. The number of furan rings is 1. The average molecular weight is 288 g/mol. The van der Waals surface area contributed by atoms with Gasteiger partial charge in [-0.2, -0.15) is 0 Å². The Morgan fingerprint density at radius 1 is 1.24 bits per heavy atom. The number of anilines is 1. The third-order valence-corrected chi connectivity index (χ3v) is 2.96. The molecule has 0 saturated carbocycles. The van der Waals surface area contributed by atoms with Gasteiger partial charge in [0.2, 0.25) is 0 Å². The largest absolute Gasteiger partial charge is 0.494 e. The number of aryl methyl sites for hydroxylation is 1. The number of rotatable bonds is 5. The lowest BCUT2D eigenvalue weighted by molar-refractivity contribution is 0.247. The highest BCUT2D eigenvalue weighted by atomic mass is 16.5. The summed E-state index contributed by atoms with van der Waals surface area (Å²) in [5.74, 6) is 2.34. The van der Waals surface area contributed by atoms with Crippen molar-refractivity contribution in [1.82, 2.24) is 5.32 Å². The number of carbonyl (C=O) groups excluding carboxylic acids is 1. The molecule has 1 aromatic heterocycles. The van der Waals surface area contributed by atoms with Gasteiger partial charge in [0.15, 0.2) is 0 Å². The van der Waals surface area contributed by atoms with E-state index >= 15 is 0 Å². The van der Waals surface area contributed by atoms with E-state index in [9.17, 15) is 4.79 Å². The lowest BCUT2D eigenvalue weighted by Gasteiger charge is -2.13. The average Bonchev–Trinajstić information content (AvgIpc) is 2.88. The summed E-state index contributed by atoms with van der Waals surface area (Å²) in [6, 6.07) is 10.5. The molecule has 0 aliphatic heterocycles. The summed E-state index contributed by atoms with van der Waals surface area (Å²) in [7, 11) is 0. The molecule has 1 aromatic carbocycles. The highest BCUT2D eigenvalue weighted by Gasteiger charge is 2.12. The number of urea groups is 1. The van der Waals surface area contributed by atoms with Crippen LogP contribution in [0, 0.1) is 6.92 Å². The molecule has 1 unspecified atom stereocenters. The summed E-state index contributed by atoms with van der Waals surface area (Å²) < 4.78 is 10.8. The van der Waals surface area contributed by atoms with Gasteiger partial charge >= 0.3 is 6.03 Å². The van der Waals surface area contributed by atoms with Crippen molar-refractivity contribution < 1.29 is 13.9 Å². The lowest BCUT2D eigenvalue weighted by Crippen LogP contribution is -2.30. The number of nitrogens with one attached hydrogen (secondary N) is 2. The van der Waals surface area contributed by atoms with Crippen molar-refractivity contribution in [3.8, 4) is 5.75 Å². The van der Waals surface area contributed by atoms with Crippen LogP contribution in [0.15, 0.2) is 40.8 Å². The third-order valence-electron chi connectivity index (χ3n) is 2.96. The molecule has 2 N–H and O–H groups in total. The Labute approximate surface area is 124 Å². The SMILES string of the molecule is CCOc1ccc(NC(=O)NC(C)c2ccc(C)o2)cc1. The summed E-state index contributed by atoms with van der Waals surface area (Å²) in [6.45, 7) is 6.29. The van der Waals surface area contributed by atoms with E-state index < -0.39 is 0 Å². The molecule has 112 valence electrons. The van der Waals surface area contributed by atoms with Crippen LogP contribution in [0.2, 0.25) is 0 Å². The minimum atomic E-state index is -0.277. The smallest absolute Gasteiger partial charge is 0.319 e. The van der Waals surface area contributed by atoms with E-state index in [1.165, 1.54) is 0 Å². The van der Waals surface area contributed by atoms with Crippen LogP contribution in [0.5, 0.6) is 5.75 Å². The molecule has 0 aliphatic carbocycles. The fourth-order valence-corrected chi connectivity index (χ4v) is 1.92. The van der Waals surface area contributed by atoms with Crippen molar-refractivity contribution in [2.75, 3.05) is 11.9 Å². The first kappa shape index (κ1) is 15.0. The van der Waals surface area contributed by atoms with Crippen molar-refractivity contribution in [2.45, 2.75) is 26.8 Å². The molecular formula is C16H20N2O3. The molecule has 0 aliphatic rings. The van der Waals surface area contributed by atoms with Gasteiger partial charge < -0.3 is 19.8 Å². The van der Waals surface area contributed by atoms with Gasteiger partial charge in [-0.25, -0.2) is 4.79 Å². The second-order valence-electron chi connectivity index (χ2n) is 4.73. The summed E-state index contributed by atoms with van der Waals surface area (Å²) in [4.78, 5) is 11.9. The molecule has 0 saturated heterocycles. The summed E-state index contributed by atoms with van der Waals surface area (Å²) in [6.07, 6.45) is 0. The number of benzene rings is 1. The van der Waals surface area contributed by atoms with Crippen LogP contribution in [-0.4, -0.2) is 12.6 Å². The quantitative estimate of drug-likeness (QED) is 0.877. The molecular weight excluding hydrogens is 268 g/mol. The first-order chi connectivity index (χ1) is 10.1. The molecule has 1 heterocycles. The molecule has 2 aromatic rings. The van der Waals surface area contributed by atoms with Crippen molar-refractivity contribution in [3.05, 3.63) is 47.9 Å². The van der Waals surface area contributed by atoms with Crippen LogP contribution < -0.4 is 15.4 Å². The minimum Gasteiger partial charge on any atom is -0.494 e. The normalized spacial score (nSPS) is 11.8. The van der Waals surface area contributed by atoms with Gasteiger partial charge in [0.05, 0.1) is 12.6 Å². The molecule has 5 heteroatoms. The Hall–Kier alpha value is -2.43. The van der Waals surface area contributed by atoms with E-state index in [1.807, 2.05) is 45.0 Å². The maximum atomic E-state index is 11.9. The number of carbonyl (C=O) groups is 1. The first-order valence-corrected chi connectivity index (χ1v) is 6.95. The van der Waals surface area contributed by atoms with E-state index in [4.69, 9.17) is 9.15 Å². The first-order valence-electron chi connectivity index (χ1n) is 6.95. The third kappa shape index (κ3) is 4.27. The van der Waals surface area contributed by atoms with Gasteiger partial charge in [-0.15, -0.1) is 0 Å². The molecule has 2 rings (SSSR count). The van der Waals surface area contributed by atoms with Crippen LogP contribution >= 0.6 is 0 Å². The second-order valence-corrected chi connectivity index (χ2v) is 4.73. The second kappa shape index (κ2) is 6.83. The van der Waals surface area contributed by atoms with Gasteiger partial charge in [-0.05, 0) is 57.2 Å². The van der Waals surface area contributed by atoms with E-state index in [2.05, 4.69) is 10.6 Å². The zero-order valence-electron chi connectivity index (χ0n) is 12.5. The van der Waals surface area contributed by atoms with E-state index in [0.29, 0.717) is 12.3 Å². The van der Waals surface area contributed by atoms with Crippen LogP contribution in [-0.2, 0) is 0 Å². The van der Waals surface area contributed by atoms with Gasteiger partial charge in [-0.3, -0.25) is 0 Å². The Bertz CT molecular complexity index is 590. The molecule has 1 atom stereocenters. The highest BCUT2D eigenvalue weighted by Crippen LogP contribution is 2.17. The molecule has 21 heavy (non-hydrogen) atoms. The highest BCUT2D eigenvalue weighted by molar-refractivity contribution is 5.89. The Balaban J connectivity index is 1.89. The Morgan fingerprint density at radius 2 is 1.95 bits per heavy atom. The fourth-order valence-electron chi connectivity index (χ4n) is 1.92. The Morgan fingerprint density at radius 3 is 2.52 bits per heavy atom. The van der Waals surface area contributed by atoms with Crippen molar-refractivity contribution in [1.29, 1.82) is 0 Å². The van der Waals surface area contributed by atoms with Crippen molar-refractivity contribution in [2.24, 2.45) is 0 Å². The summed E-state index contributed by atoms with van der Waals surface area (Å²) in [5, 5.41) is 5.59. The van der Waals surface area contributed by atoms with Crippen LogP contribution in [0.4, 0.5) is 10.5 Å². The molecule has 0 bridgehead atoms. The number of amides is 2. The van der Waals surface area contributed by atoms with Gasteiger partial charge in [0, 0.05) is 5.69 Å².